The first kappa shape index (κ1) is 8.99. The first-order valence-corrected chi connectivity index (χ1v) is 4.31. The molecule has 0 saturated heterocycles. The van der Waals surface area contributed by atoms with Gasteiger partial charge in [0.25, 0.3) is 0 Å². The van der Waals surface area contributed by atoms with Gasteiger partial charge in [-0.1, -0.05) is 6.07 Å². The highest BCUT2D eigenvalue weighted by molar-refractivity contribution is 5.75. The van der Waals surface area contributed by atoms with E-state index in [0.29, 0.717) is 12.0 Å². The number of halogens is 1. The smallest absolute Gasteiger partial charge is 0.307 e. The van der Waals surface area contributed by atoms with Crippen LogP contribution in [0.2, 0.25) is 0 Å². The van der Waals surface area contributed by atoms with Crippen molar-refractivity contribution in [3.8, 4) is 5.75 Å². The number of phenolic OH excluding ortho intramolecular Hbond substituents is 1. The average Bonchev–Trinajstić information content (AvgIpc) is 2.83. The van der Waals surface area contributed by atoms with Crippen LogP contribution in [-0.4, -0.2) is 16.2 Å². The van der Waals surface area contributed by atoms with Gasteiger partial charge >= 0.3 is 5.97 Å². The summed E-state index contributed by atoms with van der Waals surface area (Å²) in [6.07, 6.45) is 0.483. The zero-order chi connectivity index (χ0) is 10.3. The van der Waals surface area contributed by atoms with Crippen LogP contribution in [0.3, 0.4) is 0 Å². The van der Waals surface area contributed by atoms with Gasteiger partial charge < -0.3 is 10.2 Å². The molecule has 14 heavy (non-hydrogen) atoms. The van der Waals surface area contributed by atoms with Gasteiger partial charge in [-0.25, -0.2) is 4.39 Å². The first-order chi connectivity index (χ1) is 6.59. The Morgan fingerprint density at radius 3 is 2.71 bits per heavy atom. The number of benzene rings is 1. The third-order valence-corrected chi connectivity index (χ3v) is 2.49. The Kier molecular flexibility index (Phi) is 1.91. The highest BCUT2D eigenvalue weighted by atomic mass is 19.1. The largest absolute Gasteiger partial charge is 0.508 e. The van der Waals surface area contributed by atoms with Crippen molar-refractivity contribution in [1.29, 1.82) is 0 Å². The van der Waals surface area contributed by atoms with E-state index in [2.05, 4.69) is 0 Å². The van der Waals surface area contributed by atoms with Gasteiger partial charge in [0.05, 0.1) is 5.92 Å². The number of aliphatic carboxylic acids is 1. The lowest BCUT2D eigenvalue weighted by molar-refractivity contribution is -0.138. The summed E-state index contributed by atoms with van der Waals surface area (Å²) in [5.41, 5.74) is 0.384. The summed E-state index contributed by atoms with van der Waals surface area (Å²) in [5.74, 6) is -2.25. The molecule has 4 heteroatoms. The fraction of sp³-hybridized carbons (Fsp3) is 0.300. The summed E-state index contributed by atoms with van der Waals surface area (Å²) in [4.78, 5) is 10.6. The Morgan fingerprint density at radius 1 is 1.50 bits per heavy atom. The minimum atomic E-state index is -0.887. The van der Waals surface area contributed by atoms with E-state index < -0.39 is 17.7 Å². The molecule has 0 bridgehead atoms. The predicted molar refractivity (Wildman–Crippen MR) is 46.5 cm³/mol. The lowest BCUT2D eigenvalue weighted by atomic mass is 10.1. The van der Waals surface area contributed by atoms with E-state index in [-0.39, 0.29) is 11.7 Å². The van der Waals surface area contributed by atoms with Crippen molar-refractivity contribution in [2.45, 2.75) is 12.3 Å². The minimum absolute atomic E-state index is 0.140. The molecule has 1 saturated carbocycles. The summed E-state index contributed by atoms with van der Waals surface area (Å²) in [6.45, 7) is 0. The van der Waals surface area contributed by atoms with E-state index >= 15 is 0 Å². The second kappa shape index (κ2) is 2.97. The van der Waals surface area contributed by atoms with Crippen LogP contribution in [0, 0.1) is 11.7 Å². The number of phenols is 1. The van der Waals surface area contributed by atoms with Crippen LogP contribution < -0.4 is 0 Å². The highest BCUT2D eigenvalue weighted by Gasteiger charge is 2.45. The van der Waals surface area contributed by atoms with Crippen molar-refractivity contribution in [3.05, 3.63) is 29.6 Å². The molecule has 1 fully saturated rings. The lowest BCUT2D eigenvalue weighted by Gasteiger charge is -2.01. The van der Waals surface area contributed by atoms with Crippen molar-refractivity contribution in [3.63, 3.8) is 0 Å². The molecular formula is C10H9FO3. The number of carbonyl (C=O) groups is 1. The Bertz CT molecular complexity index is 389. The SMILES string of the molecule is O=C(O)[C@@H]1C[C@H]1c1ccc(O)cc1F. The van der Waals surface area contributed by atoms with Gasteiger partial charge in [-0.15, -0.1) is 0 Å². The maximum absolute atomic E-state index is 13.2. The zero-order valence-corrected chi connectivity index (χ0v) is 7.27. The van der Waals surface area contributed by atoms with Crippen LogP contribution in [0.4, 0.5) is 4.39 Å². The van der Waals surface area contributed by atoms with Crippen LogP contribution in [0.25, 0.3) is 0 Å². The summed E-state index contributed by atoms with van der Waals surface area (Å²) in [6, 6.07) is 3.82. The van der Waals surface area contributed by atoms with E-state index in [1.165, 1.54) is 12.1 Å². The predicted octanol–water partition coefficient (Wildman–Crippen LogP) is 1.72. The molecule has 2 N–H and O–H groups in total. The van der Waals surface area contributed by atoms with E-state index in [1.54, 1.807) is 0 Å². The summed E-state index contributed by atoms with van der Waals surface area (Å²) in [5, 5.41) is 17.6. The van der Waals surface area contributed by atoms with Gasteiger partial charge in [0.2, 0.25) is 0 Å². The maximum atomic E-state index is 13.2. The molecule has 0 aromatic heterocycles. The van der Waals surface area contributed by atoms with Crippen LogP contribution in [0.15, 0.2) is 18.2 Å². The lowest BCUT2D eigenvalue weighted by Crippen LogP contribution is -1.99. The Balaban J connectivity index is 2.23. The van der Waals surface area contributed by atoms with Gasteiger partial charge in [0.15, 0.2) is 0 Å². The molecule has 74 valence electrons. The number of carboxylic acids is 1. The van der Waals surface area contributed by atoms with Crippen molar-refractivity contribution >= 4 is 5.97 Å². The van der Waals surface area contributed by atoms with Crippen molar-refractivity contribution in [1.82, 2.24) is 0 Å². The standard InChI is InChI=1S/C10H9FO3/c11-9-3-5(12)1-2-6(9)7-4-8(7)10(13)14/h1-3,7-8,12H,4H2,(H,13,14)/t7-,8+/m0/s1. The number of hydrogen-bond acceptors (Lipinski definition) is 2. The Morgan fingerprint density at radius 2 is 2.21 bits per heavy atom. The second-order valence-electron chi connectivity index (χ2n) is 3.49. The monoisotopic (exact) mass is 196 g/mol. The highest BCUT2D eigenvalue weighted by Crippen LogP contribution is 2.48. The number of hydrogen-bond donors (Lipinski definition) is 2. The molecule has 0 unspecified atom stereocenters. The quantitative estimate of drug-likeness (QED) is 0.757. The van der Waals surface area contributed by atoms with Crippen molar-refractivity contribution in [2.75, 3.05) is 0 Å². The van der Waals surface area contributed by atoms with E-state index in [1.807, 2.05) is 0 Å². The molecule has 0 aliphatic heterocycles. The summed E-state index contributed by atoms with van der Waals surface area (Å²) in [7, 11) is 0. The van der Waals surface area contributed by atoms with Crippen LogP contribution in [0.1, 0.15) is 17.9 Å². The molecule has 1 aliphatic carbocycles. The van der Waals surface area contributed by atoms with Gasteiger partial charge in [0.1, 0.15) is 11.6 Å². The van der Waals surface area contributed by atoms with Crippen LogP contribution >= 0.6 is 0 Å². The molecule has 0 amide bonds. The van der Waals surface area contributed by atoms with Crippen molar-refractivity contribution < 1.29 is 19.4 Å². The van der Waals surface area contributed by atoms with Crippen LogP contribution in [0.5, 0.6) is 5.75 Å². The van der Waals surface area contributed by atoms with E-state index in [9.17, 15) is 9.18 Å². The van der Waals surface area contributed by atoms with Gasteiger partial charge in [-0.05, 0) is 18.1 Å². The number of aromatic hydroxyl groups is 1. The molecule has 1 aromatic rings. The minimum Gasteiger partial charge on any atom is -0.508 e. The molecule has 0 heterocycles. The maximum Gasteiger partial charge on any atom is 0.307 e. The number of carboxylic acid groups (broad SMARTS) is 1. The second-order valence-corrected chi connectivity index (χ2v) is 3.49. The summed E-state index contributed by atoms with van der Waals surface area (Å²) < 4.78 is 13.2. The fourth-order valence-electron chi connectivity index (χ4n) is 1.63. The molecule has 1 aromatic carbocycles. The topological polar surface area (TPSA) is 57.5 Å². The van der Waals surface area contributed by atoms with E-state index in [4.69, 9.17) is 10.2 Å². The van der Waals surface area contributed by atoms with Gasteiger partial charge in [0, 0.05) is 12.0 Å². The molecule has 1 aliphatic rings. The van der Waals surface area contributed by atoms with Gasteiger partial charge in [-0.2, -0.15) is 0 Å². The summed E-state index contributed by atoms with van der Waals surface area (Å²) >= 11 is 0. The molecule has 3 nitrogen and oxygen atoms in total. The third kappa shape index (κ3) is 1.43. The first-order valence-electron chi connectivity index (χ1n) is 4.31. The molecule has 0 radical (unpaired) electrons. The van der Waals surface area contributed by atoms with Gasteiger partial charge in [-0.3, -0.25) is 4.79 Å². The van der Waals surface area contributed by atoms with E-state index in [0.717, 1.165) is 6.07 Å². The number of rotatable bonds is 2. The van der Waals surface area contributed by atoms with Crippen molar-refractivity contribution in [2.24, 2.45) is 5.92 Å². The Labute approximate surface area is 79.8 Å². The zero-order valence-electron chi connectivity index (χ0n) is 7.27. The molecule has 2 rings (SSSR count). The average molecular weight is 196 g/mol. The third-order valence-electron chi connectivity index (χ3n) is 2.49. The van der Waals surface area contributed by atoms with Crippen LogP contribution in [-0.2, 0) is 4.79 Å². The fourth-order valence-corrected chi connectivity index (χ4v) is 1.63. The molecule has 0 spiro atoms. The Hall–Kier alpha value is -1.58. The normalized spacial score (nSPS) is 24.6. The molecular weight excluding hydrogens is 187 g/mol. The molecule has 2 atom stereocenters.